The van der Waals surface area contributed by atoms with E-state index in [1.165, 1.54) is 17.3 Å². The van der Waals surface area contributed by atoms with Crippen molar-refractivity contribution in [2.24, 2.45) is 0 Å². The summed E-state index contributed by atoms with van der Waals surface area (Å²) >= 11 is 0. The van der Waals surface area contributed by atoms with Crippen molar-refractivity contribution in [3.05, 3.63) is 23.8 Å². The number of carbonyl (C=O) groups is 1. The van der Waals surface area contributed by atoms with Crippen molar-refractivity contribution in [2.45, 2.75) is 6.92 Å². The lowest BCUT2D eigenvalue weighted by molar-refractivity contribution is 0.0826. The number of nitrogens with zero attached hydrogens (tertiary/aromatic N) is 3. The Morgan fingerprint density at radius 1 is 1.33 bits per heavy atom. The molecule has 1 aromatic heterocycles. The minimum absolute atomic E-state index is 0.0741. The van der Waals surface area contributed by atoms with Gasteiger partial charge < -0.3 is 4.90 Å². The average Bonchev–Trinajstić information content (AvgIpc) is 2.04. The molecule has 0 aliphatic rings. The van der Waals surface area contributed by atoms with E-state index >= 15 is 0 Å². The van der Waals surface area contributed by atoms with Crippen molar-refractivity contribution in [1.29, 1.82) is 0 Å². The molecule has 0 saturated heterocycles. The fourth-order valence-corrected chi connectivity index (χ4v) is 0.761. The third-order valence-electron chi connectivity index (χ3n) is 1.43. The van der Waals surface area contributed by atoms with Crippen molar-refractivity contribution in [3.8, 4) is 0 Å². The van der Waals surface area contributed by atoms with Gasteiger partial charge in [-0.3, -0.25) is 4.79 Å². The van der Waals surface area contributed by atoms with Crippen LogP contribution in [0.25, 0.3) is 0 Å². The normalized spacial score (nSPS) is 9.58. The third-order valence-corrected chi connectivity index (χ3v) is 1.43. The fourth-order valence-electron chi connectivity index (χ4n) is 0.761. The number of hydrogen-bond donors (Lipinski definition) is 0. The maximum Gasteiger partial charge on any atom is 0.256 e. The quantitative estimate of drug-likeness (QED) is 0.608. The van der Waals surface area contributed by atoms with E-state index in [1.54, 1.807) is 21.0 Å². The van der Waals surface area contributed by atoms with Gasteiger partial charge in [-0.2, -0.15) is 0 Å². The Balaban J connectivity index is 2.90. The lowest BCUT2D eigenvalue weighted by Crippen LogP contribution is -2.22. The Morgan fingerprint density at radius 3 is 2.25 bits per heavy atom. The molecule has 12 heavy (non-hydrogen) atoms. The minimum atomic E-state index is -0.0741. The zero-order valence-corrected chi connectivity index (χ0v) is 7.40. The maximum absolute atomic E-state index is 11.3. The molecule has 1 rings (SSSR count). The van der Waals surface area contributed by atoms with E-state index in [9.17, 15) is 4.79 Å². The highest BCUT2D eigenvalue weighted by Crippen LogP contribution is 1.98. The molecule has 0 radical (unpaired) electrons. The zero-order valence-electron chi connectivity index (χ0n) is 7.40. The van der Waals surface area contributed by atoms with Crippen LogP contribution < -0.4 is 0 Å². The molecule has 0 N–H and O–H groups in total. The Hall–Kier alpha value is -1.45. The second kappa shape index (κ2) is 3.30. The molecular weight excluding hydrogens is 154 g/mol. The molecule has 0 saturated carbocycles. The summed E-state index contributed by atoms with van der Waals surface area (Å²) < 4.78 is 0. The average molecular weight is 165 g/mol. The molecule has 0 aromatic carbocycles. The van der Waals surface area contributed by atoms with Gasteiger partial charge in [0.2, 0.25) is 0 Å². The summed E-state index contributed by atoms with van der Waals surface area (Å²) in [6, 6.07) is 0. The summed E-state index contributed by atoms with van der Waals surface area (Å²) in [7, 11) is 3.39. The largest absolute Gasteiger partial charge is 0.345 e. The third kappa shape index (κ3) is 1.78. The van der Waals surface area contributed by atoms with Crippen LogP contribution in [0, 0.1) is 6.92 Å². The molecular formula is C8H11N3O. The second-order valence-electron chi connectivity index (χ2n) is 2.72. The second-order valence-corrected chi connectivity index (χ2v) is 2.72. The molecule has 1 aromatic rings. The van der Waals surface area contributed by atoms with Crippen LogP contribution in [0.2, 0.25) is 0 Å². The van der Waals surface area contributed by atoms with Crippen molar-refractivity contribution in [3.63, 3.8) is 0 Å². The van der Waals surface area contributed by atoms with Crippen molar-refractivity contribution in [1.82, 2.24) is 14.9 Å². The van der Waals surface area contributed by atoms with Crippen LogP contribution in [0.1, 0.15) is 16.2 Å². The van der Waals surface area contributed by atoms with Crippen molar-refractivity contribution < 1.29 is 4.79 Å². The molecule has 0 spiro atoms. The molecule has 1 heterocycles. The summed E-state index contributed by atoms with van der Waals surface area (Å²) in [5.74, 6) is 0.598. The van der Waals surface area contributed by atoms with E-state index in [0.717, 1.165) is 0 Å². The highest BCUT2D eigenvalue weighted by atomic mass is 16.2. The van der Waals surface area contributed by atoms with E-state index in [-0.39, 0.29) is 5.91 Å². The Labute approximate surface area is 71.3 Å². The van der Waals surface area contributed by atoms with Crippen LogP contribution in [0.4, 0.5) is 0 Å². The van der Waals surface area contributed by atoms with Gasteiger partial charge in [0.25, 0.3) is 5.91 Å². The predicted octanol–water partition coefficient (Wildman–Crippen LogP) is 0.487. The van der Waals surface area contributed by atoms with E-state index in [2.05, 4.69) is 9.97 Å². The molecule has 0 bridgehead atoms. The van der Waals surface area contributed by atoms with Gasteiger partial charge in [0, 0.05) is 26.5 Å². The van der Waals surface area contributed by atoms with Gasteiger partial charge in [0.15, 0.2) is 0 Å². The number of rotatable bonds is 1. The maximum atomic E-state index is 11.3. The van der Waals surface area contributed by atoms with E-state index in [0.29, 0.717) is 11.4 Å². The number of amides is 1. The monoisotopic (exact) mass is 165 g/mol. The number of carbonyl (C=O) groups excluding carboxylic acids is 1. The summed E-state index contributed by atoms with van der Waals surface area (Å²) in [6.07, 6.45) is 3.06. The lowest BCUT2D eigenvalue weighted by atomic mass is 10.3. The molecule has 0 atom stereocenters. The molecule has 4 heteroatoms. The lowest BCUT2D eigenvalue weighted by Gasteiger charge is -2.08. The standard InChI is InChI=1S/C8H11N3O/c1-6-9-4-7(5-10-6)8(12)11(2)3/h4-5H,1-3H3. The van der Waals surface area contributed by atoms with Gasteiger partial charge in [-0.15, -0.1) is 0 Å². The minimum Gasteiger partial charge on any atom is -0.345 e. The first-order valence-corrected chi connectivity index (χ1v) is 3.61. The molecule has 1 amide bonds. The molecule has 64 valence electrons. The number of aromatic nitrogens is 2. The number of aryl methyl sites for hydroxylation is 1. The van der Waals surface area contributed by atoms with Gasteiger partial charge in [0.05, 0.1) is 5.56 Å². The van der Waals surface area contributed by atoms with Gasteiger partial charge in [-0.1, -0.05) is 0 Å². The smallest absolute Gasteiger partial charge is 0.256 e. The van der Waals surface area contributed by atoms with Crippen LogP contribution in [0.15, 0.2) is 12.4 Å². The summed E-state index contributed by atoms with van der Waals surface area (Å²) in [4.78, 5) is 20.6. The van der Waals surface area contributed by atoms with Gasteiger partial charge in [-0.05, 0) is 6.92 Å². The van der Waals surface area contributed by atoms with Crippen LogP contribution in [0.3, 0.4) is 0 Å². The van der Waals surface area contributed by atoms with Gasteiger partial charge >= 0.3 is 0 Å². The highest BCUT2D eigenvalue weighted by Gasteiger charge is 2.07. The van der Waals surface area contributed by atoms with Crippen molar-refractivity contribution in [2.75, 3.05) is 14.1 Å². The van der Waals surface area contributed by atoms with E-state index in [4.69, 9.17) is 0 Å². The molecule has 4 nitrogen and oxygen atoms in total. The SMILES string of the molecule is Cc1ncc(C(=O)N(C)C)cn1. The number of hydrogen-bond acceptors (Lipinski definition) is 3. The molecule has 0 aliphatic heterocycles. The Bertz CT molecular complexity index is 279. The van der Waals surface area contributed by atoms with Crippen molar-refractivity contribution >= 4 is 5.91 Å². The van der Waals surface area contributed by atoms with Crippen LogP contribution in [-0.2, 0) is 0 Å². The van der Waals surface area contributed by atoms with E-state index in [1.807, 2.05) is 0 Å². The molecule has 0 unspecified atom stereocenters. The first-order chi connectivity index (χ1) is 5.61. The summed E-state index contributed by atoms with van der Waals surface area (Å²) in [6.45, 7) is 1.78. The zero-order chi connectivity index (χ0) is 9.14. The first kappa shape index (κ1) is 8.64. The molecule has 0 fully saturated rings. The first-order valence-electron chi connectivity index (χ1n) is 3.61. The van der Waals surface area contributed by atoms with Gasteiger partial charge in [-0.25, -0.2) is 9.97 Å². The predicted molar refractivity (Wildman–Crippen MR) is 44.8 cm³/mol. The fraction of sp³-hybridized carbons (Fsp3) is 0.375. The van der Waals surface area contributed by atoms with Gasteiger partial charge in [0.1, 0.15) is 5.82 Å². The topological polar surface area (TPSA) is 46.1 Å². The molecule has 0 aliphatic carbocycles. The van der Waals surface area contributed by atoms with Crippen LogP contribution in [-0.4, -0.2) is 34.9 Å². The summed E-state index contributed by atoms with van der Waals surface area (Å²) in [5.41, 5.74) is 0.519. The highest BCUT2D eigenvalue weighted by molar-refractivity contribution is 5.93. The van der Waals surface area contributed by atoms with Crippen LogP contribution >= 0.6 is 0 Å². The van der Waals surface area contributed by atoms with E-state index < -0.39 is 0 Å². The summed E-state index contributed by atoms with van der Waals surface area (Å²) in [5, 5.41) is 0. The van der Waals surface area contributed by atoms with Crippen LogP contribution in [0.5, 0.6) is 0 Å². The Morgan fingerprint density at radius 2 is 1.83 bits per heavy atom. The Kier molecular flexibility index (Phi) is 2.38.